The van der Waals surface area contributed by atoms with Gasteiger partial charge in [-0.25, -0.2) is 0 Å². The van der Waals surface area contributed by atoms with Crippen LogP contribution < -0.4 is 10.5 Å². The molecule has 0 heterocycles. The first-order valence-electron chi connectivity index (χ1n) is 6.36. The lowest BCUT2D eigenvalue weighted by atomic mass is 10.2. The first kappa shape index (κ1) is 13.8. The maximum absolute atomic E-state index is 5.65. The van der Waals surface area contributed by atoms with Crippen molar-refractivity contribution in [2.24, 2.45) is 0 Å². The second-order valence-corrected chi connectivity index (χ2v) is 5.56. The molecule has 2 rings (SSSR count). The lowest BCUT2D eigenvalue weighted by molar-refractivity contribution is 0.344. The van der Waals surface area contributed by atoms with Crippen molar-refractivity contribution in [1.82, 2.24) is 0 Å². The molecule has 3 heteroatoms. The highest BCUT2D eigenvalue weighted by molar-refractivity contribution is 7.98. The third-order valence-electron chi connectivity index (χ3n) is 2.73. The normalized spacial score (nSPS) is 10.4. The number of thioether (sulfide) groups is 1. The summed E-state index contributed by atoms with van der Waals surface area (Å²) in [6, 6.07) is 16.1. The maximum Gasteiger partial charge on any atom is 0.119 e. The van der Waals surface area contributed by atoms with E-state index in [4.69, 9.17) is 10.5 Å². The van der Waals surface area contributed by atoms with Crippen molar-refractivity contribution in [3.05, 3.63) is 59.7 Å². The second-order valence-electron chi connectivity index (χ2n) is 4.46. The molecule has 0 aromatic heterocycles. The van der Waals surface area contributed by atoms with E-state index in [-0.39, 0.29) is 0 Å². The van der Waals surface area contributed by atoms with Gasteiger partial charge >= 0.3 is 0 Å². The predicted octanol–water partition coefficient (Wildman–Crippen LogP) is 3.89. The van der Waals surface area contributed by atoms with Crippen molar-refractivity contribution < 1.29 is 4.74 Å². The topological polar surface area (TPSA) is 35.2 Å². The highest BCUT2D eigenvalue weighted by Crippen LogP contribution is 2.16. The van der Waals surface area contributed by atoms with E-state index >= 15 is 0 Å². The standard InChI is InChI=1S/C16H19NOS/c1-13-3-2-4-14(11-13)12-19-10-9-18-16-7-5-15(17)6-8-16/h2-8,11H,9-10,12,17H2,1H3. The number of nitrogens with two attached hydrogens (primary N) is 1. The van der Waals surface area contributed by atoms with Gasteiger partial charge in [0.05, 0.1) is 6.61 Å². The van der Waals surface area contributed by atoms with E-state index in [2.05, 4.69) is 31.2 Å². The van der Waals surface area contributed by atoms with Crippen LogP contribution in [0.15, 0.2) is 48.5 Å². The van der Waals surface area contributed by atoms with E-state index in [0.717, 1.165) is 29.5 Å². The smallest absolute Gasteiger partial charge is 0.119 e. The SMILES string of the molecule is Cc1cccc(CSCCOc2ccc(N)cc2)c1. The molecule has 0 saturated carbocycles. The van der Waals surface area contributed by atoms with Crippen LogP contribution >= 0.6 is 11.8 Å². The lowest BCUT2D eigenvalue weighted by Crippen LogP contribution is -2.00. The summed E-state index contributed by atoms with van der Waals surface area (Å²) < 4.78 is 5.65. The summed E-state index contributed by atoms with van der Waals surface area (Å²) in [7, 11) is 0. The van der Waals surface area contributed by atoms with Gasteiger partial charge in [-0.05, 0) is 36.8 Å². The molecule has 0 radical (unpaired) electrons. The highest BCUT2D eigenvalue weighted by Gasteiger charge is 1.96. The third kappa shape index (κ3) is 4.87. The van der Waals surface area contributed by atoms with Crippen LogP contribution in [0.5, 0.6) is 5.75 Å². The first-order valence-corrected chi connectivity index (χ1v) is 7.51. The Labute approximate surface area is 119 Å². The fraction of sp³-hybridized carbons (Fsp3) is 0.250. The van der Waals surface area contributed by atoms with Crippen molar-refractivity contribution in [1.29, 1.82) is 0 Å². The highest BCUT2D eigenvalue weighted by atomic mass is 32.2. The van der Waals surface area contributed by atoms with Crippen LogP contribution in [0.3, 0.4) is 0 Å². The molecule has 0 amide bonds. The predicted molar refractivity (Wildman–Crippen MR) is 83.7 cm³/mol. The summed E-state index contributed by atoms with van der Waals surface area (Å²) in [4.78, 5) is 0. The Kier molecular flexibility index (Phi) is 5.16. The van der Waals surface area contributed by atoms with Crippen LogP contribution in [-0.2, 0) is 5.75 Å². The first-order chi connectivity index (χ1) is 9.24. The Balaban J connectivity index is 1.66. The Hall–Kier alpha value is -1.61. The number of nitrogen functional groups attached to an aromatic ring is 1. The Morgan fingerprint density at radius 2 is 1.89 bits per heavy atom. The van der Waals surface area contributed by atoms with E-state index in [1.54, 1.807) is 0 Å². The molecule has 2 nitrogen and oxygen atoms in total. The molecule has 0 aliphatic heterocycles. The minimum absolute atomic E-state index is 0.723. The van der Waals surface area contributed by atoms with E-state index in [0.29, 0.717) is 0 Å². The molecular formula is C16H19NOS. The van der Waals surface area contributed by atoms with Crippen LogP contribution in [0, 0.1) is 6.92 Å². The van der Waals surface area contributed by atoms with Crippen molar-refractivity contribution >= 4 is 17.4 Å². The van der Waals surface area contributed by atoms with Crippen molar-refractivity contribution in [3.8, 4) is 5.75 Å². The van der Waals surface area contributed by atoms with Gasteiger partial charge in [-0.2, -0.15) is 11.8 Å². The van der Waals surface area contributed by atoms with Gasteiger partial charge in [0.15, 0.2) is 0 Å². The second kappa shape index (κ2) is 7.10. The van der Waals surface area contributed by atoms with Crippen LogP contribution in [0.1, 0.15) is 11.1 Å². The zero-order chi connectivity index (χ0) is 13.5. The fourth-order valence-corrected chi connectivity index (χ4v) is 2.54. The van der Waals surface area contributed by atoms with Gasteiger partial charge in [0.2, 0.25) is 0 Å². The van der Waals surface area contributed by atoms with Crippen LogP contribution in [0.4, 0.5) is 5.69 Å². The Morgan fingerprint density at radius 3 is 2.63 bits per heavy atom. The van der Waals surface area contributed by atoms with E-state index < -0.39 is 0 Å². The number of hydrogen-bond donors (Lipinski definition) is 1. The molecule has 0 atom stereocenters. The van der Waals surface area contributed by atoms with Gasteiger partial charge < -0.3 is 10.5 Å². The lowest BCUT2D eigenvalue weighted by Gasteiger charge is -2.06. The van der Waals surface area contributed by atoms with Crippen molar-refractivity contribution in [3.63, 3.8) is 0 Å². The molecule has 2 aromatic carbocycles. The molecule has 2 aromatic rings. The minimum atomic E-state index is 0.723. The summed E-state index contributed by atoms with van der Waals surface area (Å²) in [5, 5.41) is 0. The van der Waals surface area contributed by atoms with Gasteiger partial charge in [0.25, 0.3) is 0 Å². The van der Waals surface area contributed by atoms with E-state index in [1.807, 2.05) is 36.0 Å². The summed E-state index contributed by atoms with van der Waals surface area (Å²) in [6.45, 7) is 2.85. The average molecular weight is 273 g/mol. The van der Waals surface area contributed by atoms with Crippen LogP contribution in [-0.4, -0.2) is 12.4 Å². The summed E-state index contributed by atoms with van der Waals surface area (Å²) in [6.07, 6.45) is 0. The Morgan fingerprint density at radius 1 is 1.11 bits per heavy atom. The number of anilines is 1. The molecule has 100 valence electrons. The van der Waals surface area contributed by atoms with Crippen LogP contribution in [0.25, 0.3) is 0 Å². The number of benzene rings is 2. The molecule has 19 heavy (non-hydrogen) atoms. The molecule has 2 N–H and O–H groups in total. The summed E-state index contributed by atoms with van der Waals surface area (Å²) in [5.41, 5.74) is 9.07. The van der Waals surface area contributed by atoms with Gasteiger partial charge in [0.1, 0.15) is 5.75 Å². The largest absolute Gasteiger partial charge is 0.493 e. The molecule has 0 fully saturated rings. The molecule has 0 aliphatic carbocycles. The van der Waals surface area contributed by atoms with E-state index in [1.165, 1.54) is 11.1 Å². The number of hydrogen-bond acceptors (Lipinski definition) is 3. The number of rotatable bonds is 6. The third-order valence-corrected chi connectivity index (χ3v) is 3.72. The summed E-state index contributed by atoms with van der Waals surface area (Å²) in [5.74, 6) is 2.90. The molecule has 0 bridgehead atoms. The fourth-order valence-electron chi connectivity index (χ4n) is 1.77. The minimum Gasteiger partial charge on any atom is -0.493 e. The quantitative estimate of drug-likeness (QED) is 0.640. The summed E-state index contributed by atoms with van der Waals surface area (Å²) >= 11 is 1.89. The molecule has 0 aliphatic rings. The zero-order valence-corrected chi connectivity index (χ0v) is 12.0. The molecular weight excluding hydrogens is 254 g/mol. The van der Waals surface area contributed by atoms with Gasteiger partial charge in [0, 0.05) is 17.2 Å². The van der Waals surface area contributed by atoms with Gasteiger partial charge in [-0.1, -0.05) is 29.8 Å². The molecule has 0 unspecified atom stereocenters. The Bertz CT molecular complexity index is 510. The van der Waals surface area contributed by atoms with Crippen LogP contribution in [0.2, 0.25) is 0 Å². The molecule has 0 saturated heterocycles. The van der Waals surface area contributed by atoms with E-state index in [9.17, 15) is 0 Å². The number of ether oxygens (including phenoxy) is 1. The van der Waals surface area contributed by atoms with Gasteiger partial charge in [-0.15, -0.1) is 0 Å². The van der Waals surface area contributed by atoms with Crippen molar-refractivity contribution in [2.45, 2.75) is 12.7 Å². The monoisotopic (exact) mass is 273 g/mol. The zero-order valence-electron chi connectivity index (χ0n) is 11.1. The average Bonchev–Trinajstić information content (AvgIpc) is 2.41. The maximum atomic E-state index is 5.65. The number of aryl methyl sites for hydroxylation is 1. The van der Waals surface area contributed by atoms with Gasteiger partial charge in [-0.3, -0.25) is 0 Å². The van der Waals surface area contributed by atoms with Crippen molar-refractivity contribution in [2.75, 3.05) is 18.1 Å². The molecule has 0 spiro atoms.